The average molecular weight is 291 g/mol. The second-order valence-corrected chi connectivity index (χ2v) is 5.14. The van der Waals surface area contributed by atoms with Crippen molar-refractivity contribution < 1.29 is 8.78 Å². The predicted octanol–water partition coefficient (Wildman–Crippen LogP) is 2.95. The van der Waals surface area contributed by atoms with Gasteiger partial charge < -0.3 is 5.73 Å². The van der Waals surface area contributed by atoms with Gasteiger partial charge in [0.25, 0.3) is 0 Å². The van der Waals surface area contributed by atoms with Crippen molar-refractivity contribution in [1.82, 2.24) is 4.90 Å². The van der Waals surface area contributed by atoms with Crippen molar-refractivity contribution in [2.45, 2.75) is 32.4 Å². The quantitative estimate of drug-likeness (QED) is 0.927. The molecular weight excluding hydrogens is 270 g/mol. The molecule has 0 amide bonds. The van der Waals surface area contributed by atoms with E-state index in [4.69, 9.17) is 5.73 Å². The fourth-order valence-electron chi connectivity index (χ4n) is 2.78. The zero-order valence-corrected chi connectivity index (χ0v) is 11.9. The van der Waals surface area contributed by atoms with Gasteiger partial charge in [-0.3, -0.25) is 4.90 Å². The maximum atomic E-state index is 13.2. The van der Waals surface area contributed by atoms with Crippen LogP contribution < -0.4 is 5.73 Å². The van der Waals surface area contributed by atoms with E-state index >= 15 is 0 Å². The topological polar surface area (TPSA) is 29.3 Å². The van der Waals surface area contributed by atoms with Gasteiger partial charge in [-0.1, -0.05) is 13.0 Å². The highest BCUT2D eigenvalue weighted by atomic mass is 35.5. The van der Waals surface area contributed by atoms with Crippen LogP contribution in [0, 0.1) is 17.6 Å². The Morgan fingerprint density at radius 3 is 2.68 bits per heavy atom. The molecule has 1 fully saturated rings. The molecule has 108 valence electrons. The van der Waals surface area contributed by atoms with E-state index in [2.05, 4.69) is 11.8 Å². The van der Waals surface area contributed by atoms with Gasteiger partial charge in [0.05, 0.1) is 0 Å². The number of piperidine rings is 1. The molecule has 0 radical (unpaired) electrons. The number of hydrogen-bond donors (Lipinski definition) is 1. The van der Waals surface area contributed by atoms with E-state index in [1.54, 1.807) is 6.07 Å². The third-order valence-corrected chi connectivity index (χ3v) is 3.84. The molecule has 5 heteroatoms. The SMILES string of the molecule is CC1CCCN(Cc2ccc(F)c(F)c2)C1CN.Cl. The first-order valence-corrected chi connectivity index (χ1v) is 6.50. The molecule has 0 bridgehead atoms. The third-order valence-electron chi connectivity index (χ3n) is 3.84. The van der Waals surface area contributed by atoms with Gasteiger partial charge in [0.15, 0.2) is 11.6 Å². The molecule has 2 atom stereocenters. The van der Waals surface area contributed by atoms with Crippen LogP contribution in [0.25, 0.3) is 0 Å². The summed E-state index contributed by atoms with van der Waals surface area (Å²) in [6.45, 7) is 4.44. The highest BCUT2D eigenvalue weighted by Gasteiger charge is 2.27. The van der Waals surface area contributed by atoms with Crippen LogP contribution in [0.4, 0.5) is 8.78 Å². The van der Waals surface area contributed by atoms with Crippen LogP contribution in [0.5, 0.6) is 0 Å². The summed E-state index contributed by atoms with van der Waals surface area (Å²) in [7, 11) is 0. The summed E-state index contributed by atoms with van der Waals surface area (Å²) >= 11 is 0. The zero-order chi connectivity index (χ0) is 13.1. The Morgan fingerprint density at radius 1 is 1.32 bits per heavy atom. The standard InChI is InChI=1S/C14H20F2N2.ClH/c1-10-3-2-6-18(14(10)8-17)9-11-4-5-12(15)13(16)7-11;/h4-5,7,10,14H,2-3,6,8-9,17H2,1H3;1H. The molecule has 0 aliphatic carbocycles. The van der Waals surface area contributed by atoms with Gasteiger partial charge in [0.2, 0.25) is 0 Å². The summed E-state index contributed by atoms with van der Waals surface area (Å²) in [5.41, 5.74) is 6.62. The lowest BCUT2D eigenvalue weighted by Crippen LogP contribution is -2.48. The number of nitrogens with zero attached hydrogens (tertiary/aromatic N) is 1. The van der Waals surface area contributed by atoms with E-state index in [0.717, 1.165) is 18.5 Å². The molecule has 2 nitrogen and oxygen atoms in total. The summed E-state index contributed by atoms with van der Waals surface area (Å²) in [5.74, 6) is -1.00. The van der Waals surface area contributed by atoms with Crippen LogP contribution >= 0.6 is 12.4 Å². The minimum Gasteiger partial charge on any atom is -0.329 e. The van der Waals surface area contributed by atoms with Gasteiger partial charge in [-0.2, -0.15) is 0 Å². The van der Waals surface area contributed by atoms with Crippen LogP contribution in [0.2, 0.25) is 0 Å². The van der Waals surface area contributed by atoms with Crippen molar-refractivity contribution in [3.8, 4) is 0 Å². The molecule has 1 heterocycles. The minimum atomic E-state index is -0.791. The largest absolute Gasteiger partial charge is 0.329 e. The first kappa shape index (κ1) is 16.3. The fourth-order valence-corrected chi connectivity index (χ4v) is 2.78. The summed E-state index contributed by atoms with van der Waals surface area (Å²) < 4.78 is 26.0. The Bertz CT molecular complexity index is 414. The van der Waals surface area contributed by atoms with E-state index < -0.39 is 11.6 Å². The van der Waals surface area contributed by atoms with Crippen molar-refractivity contribution in [2.75, 3.05) is 13.1 Å². The molecule has 2 N–H and O–H groups in total. The van der Waals surface area contributed by atoms with Crippen LogP contribution in [-0.4, -0.2) is 24.0 Å². The number of rotatable bonds is 3. The van der Waals surface area contributed by atoms with E-state index in [1.165, 1.54) is 18.6 Å². The fraction of sp³-hybridized carbons (Fsp3) is 0.571. The molecule has 2 rings (SSSR count). The smallest absolute Gasteiger partial charge is 0.159 e. The molecule has 0 saturated carbocycles. The van der Waals surface area contributed by atoms with Gasteiger partial charge in [0.1, 0.15) is 0 Å². The predicted molar refractivity (Wildman–Crippen MR) is 75.3 cm³/mol. The highest BCUT2D eigenvalue weighted by molar-refractivity contribution is 5.85. The Kier molecular flexibility index (Phi) is 6.17. The monoisotopic (exact) mass is 290 g/mol. The van der Waals surface area contributed by atoms with E-state index in [9.17, 15) is 8.78 Å². The molecule has 1 saturated heterocycles. The third kappa shape index (κ3) is 3.88. The lowest BCUT2D eigenvalue weighted by Gasteiger charge is -2.39. The first-order valence-electron chi connectivity index (χ1n) is 6.50. The van der Waals surface area contributed by atoms with Gasteiger partial charge in [-0.15, -0.1) is 12.4 Å². The number of nitrogens with two attached hydrogens (primary N) is 1. The van der Waals surface area contributed by atoms with Gasteiger partial charge in [-0.25, -0.2) is 8.78 Å². The number of hydrogen-bond acceptors (Lipinski definition) is 2. The molecule has 1 aromatic rings. The molecule has 0 spiro atoms. The first-order chi connectivity index (χ1) is 8.61. The van der Waals surface area contributed by atoms with E-state index in [1.807, 2.05) is 0 Å². The van der Waals surface area contributed by atoms with Gasteiger partial charge >= 0.3 is 0 Å². The van der Waals surface area contributed by atoms with E-state index in [0.29, 0.717) is 25.0 Å². The lowest BCUT2D eigenvalue weighted by molar-refractivity contribution is 0.0989. The maximum absolute atomic E-state index is 13.2. The second-order valence-electron chi connectivity index (χ2n) is 5.14. The summed E-state index contributed by atoms with van der Waals surface area (Å²) in [4.78, 5) is 2.28. The van der Waals surface area contributed by atoms with Crippen LogP contribution in [0.15, 0.2) is 18.2 Å². The lowest BCUT2D eigenvalue weighted by atomic mass is 9.90. The molecule has 1 aliphatic heterocycles. The minimum absolute atomic E-state index is 0. The molecule has 0 aromatic heterocycles. The second kappa shape index (κ2) is 7.17. The summed E-state index contributed by atoms with van der Waals surface area (Å²) in [5, 5.41) is 0. The van der Waals surface area contributed by atoms with Crippen molar-refractivity contribution in [1.29, 1.82) is 0 Å². The summed E-state index contributed by atoms with van der Waals surface area (Å²) in [6.07, 6.45) is 2.33. The molecular formula is C14H21ClF2N2. The normalized spacial score (nSPS) is 24.0. The maximum Gasteiger partial charge on any atom is 0.159 e. The highest BCUT2D eigenvalue weighted by Crippen LogP contribution is 2.24. The van der Waals surface area contributed by atoms with Crippen molar-refractivity contribution in [3.63, 3.8) is 0 Å². The Balaban J connectivity index is 0.00000180. The van der Waals surface area contributed by atoms with Crippen LogP contribution in [0.3, 0.4) is 0 Å². The Hall–Kier alpha value is -0.710. The number of halogens is 3. The van der Waals surface area contributed by atoms with Crippen LogP contribution in [-0.2, 0) is 6.54 Å². The zero-order valence-electron chi connectivity index (χ0n) is 11.1. The van der Waals surface area contributed by atoms with Gasteiger partial charge in [-0.05, 0) is 43.0 Å². The Labute approximate surface area is 119 Å². The average Bonchev–Trinajstić information content (AvgIpc) is 2.34. The molecule has 2 unspecified atom stereocenters. The molecule has 19 heavy (non-hydrogen) atoms. The van der Waals surface area contributed by atoms with Crippen LogP contribution in [0.1, 0.15) is 25.3 Å². The molecule has 1 aliphatic rings. The Morgan fingerprint density at radius 2 is 2.05 bits per heavy atom. The van der Waals surface area contributed by atoms with Crippen molar-refractivity contribution in [2.24, 2.45) is 11.7 Å². The summed E-state index contributed by atoms with van der Waals surface area (Å²) in [6, 6.07) is 4.45. The van der Waals surface area contributed by atoms with E-state index in [-0.39, 0.29) is 12.4 Å². The molecule has 1 aromatic carbocycles. The number of benzene rings is 1. The van der Waals surface area contributed by atoms with Gasteiger partial charge in [0, 0.05) is 19.1 Å². The number of likely N-dealkylation sites (tertiary alicyclic amines) is 1. The van der Waals surface area contributed by atoms with Crippen molar-refractivity contribution in [3.05, 3.63) is 35.4 Å². The van der Waals surface area contributed by atoms with Crippen molar-refractivity contribution >= 4 is 12.4 Å².